The molecule has 0 spiro atoms. The summed E-state index contributed by atoms with van der Waals surface area (Å²) in [7, 11) is 1.60. The number of ether oxygens (including phenoxy) is 1. The van der Waals surface area contributed by atoms with Crippen molar-refractivity contribution < 1.29 is 4.74 Å². The van der Waals surface area contributed by atoms with Gasteiger partial charge in [-0.25, -0.2) is 9.38 Å². The van der Waals surface area contributed by atoms with Crippen LogP contribution in [-0.4, -0.2) is 21.5 Å². The number of rotatable bonds is 4. The third-order valence-electron chi connectivity index (χ3n) is 4.04. The number of halogens is 1. The van der Waals surface area contributed by atoms with Crippen LogP contribution >= 0.6 is 22.9 Å². The molecule has 4 aromatic rings. The van der Waals surface area contributed by atoms with Crippen LogP contribution in [0.15, 0.2) is 59.0 Å². The Balaban J connectivity index is 1.85. The smallest absolute Gasteiger partial charge is 0.278 e. The first kappa shape index (κ1) is 17.5. The first-order chi connectivity index (χ1) is 13.2. The normalized spacial score (nSPS) is 11.3. The molecule has 27 heavy (non-hydrogen) atoms. The quantitative estimate of drug-likeness (QED) is 0.504. The predicted octanol–water partition coefficient (Wildman–Crippen LogP) is 4.65. The summed E-state index contributed by atoms with van der Waals surface area (Å²) in [6.45, 7) is 0. The van der Waals surface area contributed by atoms with Gasteiger partial charge in [0, 0.05) is 23.3 Å². The average Bonchev–Trinajstić information content (AvgIpc) is 3.14. The highest BCUT2D eigenvalue weighted by Gasteiger charge is 2.16. The SMILES string of the molecule is COc1ccccc1-c1csc2nc(/C=C/c3cccnc3)c(Cl)c(=O)n12. The van der Waals surface area contributed by atoms with Crippen LogP contribution in [-0.2, 0) is 0 Å². The van der Waals surface area contributed by atoms with E-state index in [-0.39, 0.29) is 10.6 Å². The summed E-state index contributed by atoms with van der Waals surface area (Å²) in [4.78, 5) is 22.1. The number of hydrogen-bond acceptors (Lipinski definition) is 5. The number of fused-ring (bicyclic) bond motifs is 1. The summed E-state index contributed by atoms with van der Waals surface area (Å²) in [5.74, 6) is 0.681. The van der Waals surface area contributed by atoms with Crippen LogP contribution in [0.2, 0.25) is 5.02 Å². The third kappa shape index (κ3) is 3.25. The van der Waals surface area contributed by atoms with E-state index in [1.54, 1.807) is 25.6 Å². The molecule has 7 heteroatoms. The lowest BCUT2D eigenvalue weighted by Crippen LogP contribution is -2.16. The minimum Gasteiger partial charge on any atom is -0.496 e. The summed E-state index contributed by atoms with van der Waals surface area (Å²) >= 11 is 7.72. The van der Waals surface area contributed by atoms with Gasteiger partial charge < -0.3 is 4.74 Å². The zero-order valence-corrected chi connectivity index (χ0v) is 15.9. The van der Waals surface area contributed by atoms with Crippen LogP contribution < -0.4 is 10.3 Å². The van der Waals surface area contributed by atoms with Gasteiger partial charge >= 0.3 is 0 Å². The molecule has 5 nitrogen and oxygen atoms in total. The number of para-hydroxylation sites is 1. The molecule has 0 saturated heterocycles. The highest BCUT2D eigenvalue weighted by Crippen LogP contribution is 2.32. The maximum Gasteiger partial charge on any atom is 0.278 e. The lowest BCUT2D eigenvalue weighted by atomic mass is 10.1. The molecule has 0 bridgehead atoms. The van der Waals surface area contributed by atoms with Crippen LogP contribution in [0.25, 0.3) is 28.4 Å². The molecular weight excluding hydrogens is 382 g/mol. The minimum atomic E-state index is -0.311. The number of hydrogen-bond donors (Lipinski definition) is 0. The fraction of sp³-hybridized carbons (Fsp3) is 0.0500. The van der Waals surface area contributed by atoms with E-state index in [9.17, 15) is 4.79 Å². The highest BCUT2D eigenvalue weighted by atomic mass is 35.5. The molecule has 0 N–H and O–H groups in total. The summed E-state index contributed by atoms with van der Waals surface area (Å²) in [6, 6.07) is 11.3. The van der Waals surface area contributed by atoms with Crippen molar-refractivity contribution in [1.29, 1.82) is 0 Å². The molecule has 4 rings (SSSR count). The second-order valence-electron chi connectivity index (χ2n) is 5.68. The van der Waals surface area contributed by atoms with Gasteiger partial charge in [-0.2, -0.15) is 0 Å². The van der Waals surface area contributed by atoms with Crippen molar-refractivity contribution in [2.45, 2.75) is 0 Å². The van der Waals surface area contributed by atoms with Crippen molar-refractivity contribution in [2.75, 3.05) is 7.11 Å². The molecule has 0 unspecified atom stereocenters. The molecule has 0 aliphatic carbocycles. The van der Waals surface area contributed by atoms with Gasteiger partial charge in [0.15, 0.2) is 4.96 Å². The predicted molar refractivity (Wildman–Crippen MR) is 110 cm³/mol. The highest BCUT2D eigenvalue weighted by molar-refractivity contribution is 7.15. The number of methoxy groups -OCH3 is 1. The van der Waals surface area contributed by atoms with E-state index >= 15 is 0 Å². The summed E-state index contributed by atoms with van der Waals surface area (Å²) in [5.41, 5.74) is 2.53. The van der Waals surface area contributed by atoms with E-state index in [2.05, 4.69) is 9.97 Å². The van der Waals surface area contributed by atoms with Crippen LogP contribution in [0.5, 0.6) is 5.75 Å². The van der Waals surface area contributed by atoms with Crippen molar-refractivity contribution in [3.8, 4) is 17.0 Å². The molecule has 0 saturated carbocycles. The Morgan fingerprint density at radius 1 is 1.19 bits per heavy atom. The Labute approximate surface area is 164 Å². The van der Waals surface area contributed by atoms with Gasteiger partial charge in [0.2, 0.25) is 0 Å². The number of benzene rings is 1. The zero-order chi connectivity index (χ0) is 18.8. The van der Waals surface area contributed by atoms with E-state index in [0.717, 1.165) is 11.1 Å². The molecule has 3 aromatic heterocycles. The fourth-order valence-corrected chi connectivity index (χ4v) is 3.83. The first-order valence-electron chi connectivity index (χ1n) is 8.10. The molecule has 0 amide bonds. The largest absolute Gasteiger partial charge is 0.496 e. The summed E-state index contributed by atoms with van der Waals surface area (Å²) in [5, 5.41) is 1.95. The number of pyridine rings is 1. The standard InChI is InChI=1S/C20H14ClN3O2S/c1-26-17-7-3-2-6-14(17)16-12-27-20-23-15(18(21)19(25)24(16)20)9-8-13-5-4-10-22-11-13/h2-12H,1H3/b9-8+. The lowest BCUT2D eigenvalue weighted by molar-refractivity contribution is 0.416. The first-order valence-corrected chi connectivity index (χ1v) is 9.36. The maximum atomic E-state index is 12.9. The van der Waals surface area contributed by atoms with Gasteiger partial charge in [0.05, 0.1) is 18.5 Å². The lowest BCUT2D eigenvalue weighted by Gasteiger charge is -2.08. The topological polar surface area (TPSA) is 56.5 Å². The monoisotopic (exact) mass is 395 g/mol. The van der Waals surface area contributed by atoms with E-state index in [1.807, 2.05) is 47.9 Å². The van der Waals surface area contributed by atoms with Gasteiger partial charge in [-0.3, -0.25) is 9.78 Å². The van der Waals surface area contributed by atoms with Gasteiger partial charge in [-0.1, -0.05) is 35.9 Å². The summed E-state index contributed by atoms with van der Waals surface area (Å²) in [6.07, 6.45) is 6.97. The fourth-order valence-electron chi connectivity index (χ4n) is 2.75. The van der Waals surface area contributed by atoms with E-state index in [0.29, 0.717) is 22.1 Å². The minimum absolute atomic E-state index is 0.0715. The molecule has 0 aliphatic rings. The molecule has 0 atom stereocenters. The molecular formula is C20H14ClN3O2S. The Hall–Kier alpha value is -2.96. The second-order valence-corrected chi connectivity index (χ2v) is 6.89. The van der Waals surface area contributed by atoms with Crippen molar-refractivity contribution >= 4 is 40.1 Å². The molecule has 3 heterocycles. The Morgan fingerprint density at radius 2 is 2.04 bits per heavy atom. The van der Waals surface area contributed by atoms with Gasteiger partial charge in [-0.15, -0.1) is 11.3 Å². The van der Waals surface area contributed by atoms with Crippen molar-refractivity contribution in [3.63, 3.8) is 0 Å². The summed E-state index contributed by atoms with van der Waals surface area (Å²) < 4.78 is 6.94. The Morgan fingerprint density at radius 3 is 2.81 bits per heavy atom. The zero-order valence-electron chi connectivity index (χ0n) is 14.3. The molecule has 0 fully saturated rings. The maximum absolute atomic E-state index is 12.9. The molecule has 0 radical (unpaired) electrons. The molecule has 1 aromatic carbocycles. The van der Waals surface area contributed by atoms with Crippen molar-refractivity contribution in [2.24, 2.45) is 0 Å². The van der Waals surface area contributed by atoms with Crippen LogP contribution in [0, 0.1) is 0 Å². The Kier molecular flexibility index (Phi) is 4.75. The Bertz CT molecular complexity index is 1200. The van der Waals surface area contributed by atoms with Gasteiger partial charge in [-0.05, 0) is 29.8 Å². The molecule has 0 aliphatic heterocycles. The van der Waals surface area contributed by atoms with Gasteiger partial charge in [0.25, 0.3) is 5.56 Å². The van der Waals surface area contributed by atoms with Crippen molar-refractivity contribution in [1.82, 2.24) is 14.4 Å². The molecule has 134 valence electrons. The van der Waals surface area contributed by atoms with E-state index < -0.39 is 0 Å². The van der Waals surface area contributed by atoms with Crippen LogP contribution in [0.3, 0.4) is 0 Å². The number of thiazole rings is 1. The number of nitrogens with zero attached hydrogens (tertiary/aromatic N) is 3. The van der Waals surface area contributed by atoms with Crippen molar-refractivity contribution in [3.05, 3.63) is 80.8 Å². The van der Waals surface area contributed by atoms with E-state index in [4.69, 9.17) is 16.3 Å². The number of aromatic nitrogens is 3. The van der Waals surface area contributed by atoms with E-state index in [1.165, 1.54) is 15.7 Å². The van der Waals surface area contributed by atoms with Crippen LogP contribution in [0.1, 0.15) is 11.3 Å². The average molecular weight is 396 g/mol. The van der Waals surface area contributed by atoms with Crippen LogP contribution in [0.4, 0.5) is 0 Å². The third-order valence-corrected chi connectivity index (χ3v) is 5.22. The second kappa shape index (κ2) is 7.34. The van der Waals surface area contributed by atoms with Gasteiger partial charge in [0.1, 0.15) is 10.8 Å².